The Labute approximate surface area is 196 Å². The molecule has 6 nitrogen and oxygen atoms in total. The molecule has 0 saturated heterocycles. The number of fused-ring (bicyclic) bond motifs is 1. The van der Waals surface area contributed by atoms with Gasteiger partial charge in [-0.05, 0) is 42.0 Å². The van der Waals surface area contributed by atoms with Gasteiger partial charge in [0.05, 0.1) is 12.7 Å². The number of para-hydroxylation sites is 1. The van der Waals surface area contributed by atoms with Crippen LogP contribution < -0.4 is 15.4 Å². The Bertz CT molecular complexity index is 1370. The minimum Gasteiger partial charge on any atom is -0.497 e. The van der Waals surface area contributed by atoms with Crippen LogP contribution in [0.15, 0.2) is 84.7 Å². The van der Waals surface area contributed by atoms with E-state index >= 15 is 0 Å². The SMILES string of the molecule is COc1ccc(CNC(=O)/C(=C/c2cn(C)c3ccccc23)NC(=O)c2ccccc2F)cc1. The molecule has 0 radical (unpaired) electrons. The third-order valence-corrected chi connectivity index (χ3v) is 5.45. The summed E-state index contributed by atoms with van der Waals surface area (Å²) >= 11 is 0. The number of benzene rings is 3. The van der Waals surface area contributed by atoms with Gasteiger partial charge in [-0.1, -0.05) is 42.5 Å². The van der Waals surface area contributed by atoms with E-state index in [0.717, 1.165) is 22.0 Å². The van der Waals surface area contributed by atoms with Crippen molar-refractivity contribution in [2.24, 2.45) is 7.05 Å². The first-order valence-corrected chi connectivity index (χ1v) is 10.7. The van der Waals surface area contributed by atoms with Crippen molar-refractivity contribution in [2.75, 3.05) is 7.11 Å². The van der Waals surface area contributed by atoms with Gasteiger partial charge in [0.2, 0.25) is 0 Å². The maximum absolute atomic E-state index is 14.2. The smallest absolute Gasteiger partial charge is 0.268 e. The molecule has 1 heterocycles. The highest BCUT2D eigenvalue weighted by Gasteiger charge is 2.18. The molecular weight excluding hydrogens is 433 g/mol. The zero-order valence-electron chi connectivity index (χ0n) is 18.8. The second-order valence-electron chi connectivity index (χ2n) is 7.74. The van der Waals surface area contributed by atoms with Crippen molar-refractivity contribution in [1.29, 1.82) is 0 Å². The van der Waals surface area contributed by atoms with E-state index in [1.165, 1.54) is 18.2 Å². The molecule has 3 aromatic carbocycles. The number of methoxy groups -OCH3 is 1. The Morgan fingerprint density at radius 2 is 1.71 bits per heavy atom. The van der Waals surface area contributed by atoms with Crippen LogP contribution >= 0.6 is 0 Å². The van der Waals surface area contributed by atoms with Gasteiger partial charge < -0.3 is 19.9 Å². The van der Waals surface area contributed by atoms with Crippen molar-refractivity contribution in [2.45, 2.75) is 6.54 Å². The third kappa shape index (κ3) is 4.99. The summed E-state index contributed by atoms with van der Waals surface area (Å²) in [5.41, 5.74) is 2.46. The molecule has 0 aliphatic rings. The summed E-state index contributed by atoms with van der Waals surface area (Å²) in [5.74, 6) is -1.15. The zero-order chi connectivity index (χ0) is 24.1. The van der Waals surface area contributed by atoms with E-state index in [4.69, 9.17) is 4.74 Å². The number of hydrogen-bond acceptors (Lipinski definition) is 3. The Morgan fingerprint density at radius 1 is 1.00 bits per heavy atom. The zero-order valence-corrected chi connectivity index (χ0v) is 18.8. The van der Waals surface area contributed by atoms with Crippen molar-refractivity contribution < 1.29 is 18.7 Å². The van der Waals surface area contributed by atoms with Crippen LogP contribution in [0.3, 0.4) is 0 Å². The molecule has 0 saturated carbocycles. The van der Waals surface area contributed by atoms with E-state index in [9.17, 15) is 14.0 Å². The molecule has 1 aromatic heterocycles. The molecule has 4 rings (SSSR count). The van der Waals surface area contributed by atoms with Crippen LogP contribution in [-0.2, 0) is 18.4 Å². The second kappa shape index (κ2) is 10.0. The van der Waals surface area contributed by atoms with E-state index < -0.39 is 17.6 Å². The van der Waals surface area contributed by atoms with Crippen molar-refractivity contribution in [3.63, 3.8) is 0 Å². The molecule has 34 heavy (non-hydrogen) atoms. The molecule has 0 atom stereocenters. The van der Waals surface area contributed by atoms with Gasteiger partial charge >= 0.3 is 0 Å². The van der Waals surface area contributed by atoms with E-state index in [2.05, 4.69) is 10.6 Å². The predicted octanol–water partition coefficient (Wildman–Crippen LogP) is 4.41. The Morgan fingerprint density at radius 3 is 2.44 bits per heavy atom. The van der Waals surface area contributed by atoms with Crippen LogP contribution in [0.5, 0.6) is 5.75 Å². The van der Waals surface area contributed by atoms with Crippen molar-refractivity contribution >= 4 is 28.8 Å². The minimum absolute atomic E-state index is 0.0121. The third-order valence-electron chi connectivity index (χ3n) is 5.45. The Balaban J connectivity index is 1.63. The number of nitrogens with zero attached hydrogens (tertiary/aromatic N) is 1. The molecule has 4 aromatic rings. The highest BCUT2D eigenvalue weighted by molar-refractivity contribution is 6.06. The van der Waals surface area contributed by atoms with Gasteiger partial charge in [-0.25, -0.2) is 4.39 Å². The Kier molecular flexibility index (Phi) is 6.73. The monoisotopic (exact) mass is 457 g/mol. The molecule has 0 fully saturated rings. The predicted molar refractivity (Wildman–Crippen MR) is 130 cm³/mol. The highest BCUT2D eigenvalue weighted by Crippen LogP contribution is 2.22. The fourth-order valence-electron chi connectivity index (χ4n) is 3.66. The summed E-state index contributed by atoms with van der Waals surface area (Å²) in [6, 6.07) is 20.7. The average Bonchev–Trinajstić information content (AvgIpc) is 3.18. The number of aryl methyl sites for hydroxylation is 1. The number of halogens is 1. The van der Waals surface area contributed by atoms with E-state index in [1.807, 2.05) is 54.2 Å². The van der Waals surface area contributed by atoms with Crippen molar-refractivity contribution in [1.82, 2.24) is 15.2 Å². The number of carbonyl (C=O) groups excluding carboxylic acids is 2. The fraction of sp³-hybridized carbons (Fsp3) is 0.111. The molecule has 0 aliphatic carbocycles. The fourth-order valence-corrected chi connectivity index (χ4v) is 3.66. The largest absolute Gasteiger partial charge is 0.497 e. The number of nitrogens with one attached hydrogen (secondary N) is 2. The Hall–Kier alpha value is -4.39. The number of rotatable bonds is 7. The van der Waals surface area contributed by atoms with E-state index in [0.29, 0.717) is 5.75 Å². The quantitative estimate of drug-likeness (QED) is 0.404. The summed E-state index contributed by atoms with van der Waals surface area (Å²) in [7, 11) is 3.49. The van der Waals surface area contributed by atoms with Crippen LogP contribution in [0.4, 0.5) is 4.39 Å². The van der Waals surface area contributed by atoms with Gasteiger partial charge in [0.15, 0.2) is 0 Å². The molecule has 2 N–H and O–H groups in total. The first kappa shape index (κ1) is 22.8. The van der Waals surface area contributed by atoms with E-state index in [1.54, 1.807) is 31.4 Å². The molecule has 7 heteroatoms. The van der Waals surface area contributed by atoms with Crippen molar-refractivity contribution in [3.8, 4) is 5.75 Å². The average molecular weight is 458 g/mol. The van der Waals surface area contributed by atoms with Gasteiger partial charge in [0, 0.05) is 36.3 Å². The second-order valence-corrected chi connectivity index (χ2v) is 7.74. The summed E-state index contributed by atoms with van der Waals surface area (Å²) in [4.78, 5) is 25.9. The summed E-state index contributed by atoms with van der Waals surface area (Å²) in [5, 5.41) is 6.33. The number of carbonyl (C=O) groups is 2. The maximum atomic E-state index is 14.2. The van der Waals surface area contributed by atoms with Crippen LogP contribution in [0.25, 0.3) is 17.0 Å². The summed E-state index contributed by atoms with van der Waals surface area (Å²) in [6.45, 7) is 0.241. The lowest BCUT2D eigenvalue weighted by molar-refractivity contribution is -0.117. The van der Waals surface area contributed by atoms with Crippen LogP contribution in [0.2, 0.25) is 0 Å². The topological polar surface area (TPSA) is 72.4 Å². The standard InChI is InChI=1S/C27H24FN3O3/c1-31-17-19(21-7-4-6-10-25(21)31)15-24(30-26(32)22-8-3-5-9-23(22)28)27(33)29-16-18-11-13-20(34-2)14-12-18/h3-15,17H,16H2,1-2H3,(H,29,33)(H,30,32)/b24-15-. The summed E-state index contributed by atoms with van der Waals surface area (Å²) < 4.78 is 21.3. The number of aromatic nitrogens is 1. The highest BCUT2D eigenvalue weighted by atomic mass is 19.1. The van der Waals surface area contributed by atoms with Gasteiger partial charge in [-0.15, -0.1) is 0 Å². The lowest BCUT2D eigenvalue weighted by Gasteiger charge is -2.12. The van der Waals surface area contributed by atoms with Crippen LogP contribution in [0.1, 0.15) is 21.5 Å². The molecular formula is C27H24FN3O3. The van der Waals surface area contributed by atoms with E-state index in [-0.39, 0.29) is 17.8 Å². The lowest BCUT2D eigenvalue weighted by Crippen LogP contribution is -2.35. The van der Waals surface area contributed by atoms with Gasteiger partial charge in [-0.3, -0.25) is 9.59 Å². The van der Waals surface area contributed by atoms with Gasteiger partial charge in [0.25, 0.3) is 11.8 Å². The number of ether oxygens (including phenoxy) is 1. The first-order valence-electron chi connectivity index (χ1n) is 10.7. The molecule has 0 unspecified atom stereocenters. The normalized spacial score (nSPS) is 11.3. The van der Waals surface area contributed by atoms with Crippen LogP contribution in [0, 0.1) is 5.82 Å². The van der Waals surface area contributed by atoms with Crippen LogP contribution in [-0.4, -0.2) is 23.5 Å². The molecule has 172 valence electrons. The van der Waals surface area contributed by atoms with Gasteiger partial charge in [-0.2, -0.15) is 0 Å². The van der Waals surface area contributed by atoms with Crippen molar-refractivity contribution in [3.05, 3.63) is 107 Å². The first-order chi connectivity index (χ1) is 16.5. The molecule has 0 aliphatic heterocycles. The molecule has 0 spiro atoms. The molecule has 2 amide bonds. The maximum Gasteiger partial charge on any atom is 0.268 e. The lowest BCUT2D eigenvalue weighted by atomic mass is 10.1. The number of amides is 2. The molecule has 0 bridgehead atoms. The summed E-state index contributed by atoms with van der Waals surface area (Å²) in [6.07, 6.45) is 3.47. The van der Waals surface area contributed by atoms with Gasteiger partial charge in [0.1, 0.15) is 17.3 Å². The number of hydrogen-bond donors (Lipinski definition) is 2. The minimum atomic E-state index is -0.704.